The molecule has 0 aliphatic heterocycles. The lowest BCUT2D eigenvalue weighted by atomic mass is 10.1. The van der Waals surface area contributed by atoms with Crippen LogP contribution in [0.1, 0.15) is 16.7 Å². The Morgan fingerprint density at radius 1 is 1.14 bits per heavy atom. The van der Waals surface area contributed by atoms with E-state index in [0.717, 1.165) is 23.1 Å². The van der Waals surface area contributed by atoms with Gasteiger partial charge in [0, 0.05) is 17.6 Å². The molecule has 0 bridgehead atoms. The molecule has 21 heavy (non-hydrogen) atoms. The van der Waals surface area contributed by atoms with E-state index in [0.29, 0.717) is 11.3 Å². The van der Waals surface area contributed by atoms with Crippen molar-refractivity contribution in [1.82, 2.24) is 4.90 Å². The third-order valence-electron chi connectivity index (χ3n) is 3.18. The van der Waals surface area contributed by atoms with Crippen molar-refractivity contribution in [3.8, 4) is 11.8 Å². The average Bonchev–Trinajstić information content (AvgIpc) is 2.47. The fourth-order valence-electron chi connectivity index (χ4n) is 2.24. The van der Waals surface area contributed by atoms with Crippen LogP contribution in [-0.2, 0) is 13.1 Å². The van der Waals surface area contributed by atoms with E-state index in [1.54, 1.807) is 13.2 Å². The molecule has 0 atom stereocenters. The molecule has 0 aliphatic carbocycles. The zero-order chi connectivity index (χ0) is 15.2. The number of methoxy groups -OCH3 is 1. The second kappa shape index (κ2) is 7.26. The van der Waals surface area contributed by atoms with Crippen molar-refractivity contribution in [3.63, 3.8) is 0 Å². The number of nitrogens with zero attached hydrogens (tertiary/aromatic N) is 2. The molecular formula is C17H17BrN2O. The minimum absolute atomic E-state index is 0.566. The Morgan fingerprint density at radius 2 is 1.86 bits per heavy atom. The molecule has 0 aliphatic rings. The van der Waals surface area contributed by atoms with E-state index < -0.39 is 0 Å². The van der Waals surface area contributed by atoms with E-state index in [1.165, 1.54) is 5.56 Å². The van der Waals surface area contributed by atoms with Gasteiger partial charge in [-0.05, 0) is 42.4 Å². The van der Waals surface area contributed by atoms with Crippen LogP contribution in [0.5, 0.6) is 5.75 Å². The third kappa shape index (κ3) is 4.32. The van der Waals surface area contributed by atoms with Crippen LogP contribution in [-0.4, -0.2) is 19.1 Å². The van der Waals surface area contributed by atoms with Crippen molar-refractivity contribution in [2.45, 2.75) is 13.1 Å². The van der Waals surface area contributed by atoms with Crippen molar-refractivity contribution in [3.05, 3.63) is 63.6 Å². The maximum atomic E-state index is 9.00. The third-order valence-corrected chi connectivity index (χ3v) is 3.67. The maximum Gasteiger partial charge on any atom is 0.136 e. The normalized spacial score (nSPS) is 10.4. The quantitative estimate of drug-likeness (QED) is 0.823. The Balaban J connectivity index is 2.06. The smallest absolute Gasteiger partial charge is 0.136 e. The summed E-state index contributed by atoms with van der Waals surface area (Å²) < 4.78 is 6.34. The van der Waals surface area contributed by atoms with E-state index in [2.05, 4.69) is 46.1 Å². The predicted molar refractivity (Wildman–Crippen MR) is 87.0 cm³/mol. The molecule has 0 heterocycles. The molecule has 0 N–H and O–H groups in total. The van der Waals surface area contributed by atoms with E-state index >= 15 is 0 Å². The molecule has 2 aromatic rings. The fraction of sp³-hybridized carbons (Fsp3) is 0.235. The minimum atomic E-state index is 0.566. The van der Waals surface area contributed by atoms with Crippen LogP contribution in [0.15, 0.2) is 46.9 Å². The maximum absolute atomic E-state index is 9.00. The van der Waals surface area contributed by atoms with Gasteiger partial charge in [-0.15, -0.1) is 0 Å². The highest BCUT2D eigenvalue weighted by molar-refractivity contribution is 9.10. The summed E-state index contributed by atoms with van der Waals surface area (Å²) in [4.78, 5) is 2.22. The standard InChI is InChI=1S/C17H17BrN2O/c1-20(11-13-4-3-5-16(18)8-13)12-14-6-7-15(10-19)17(9-14)21-2/h3-9H,11-12H2,1-2H3. The van der Waals surface area contributed by atoms with Gasteiger partial charge in [0.15, 0.2) is 0 Å². The second-order valence-corrected chi connectivity index (χ2v) is 5.86. The van der Waals surface area contributed by atoms with Gasteiger partial charge in [-0.25, -0.2) is 0 Å². The van der Waals surface area contributed by atoms with Crippen molar-refractivity contribution < 1.29 is 4.74 Å². The highest BCUT2D eigenvalue weighted by atomic mass is 79.9. The molecule has 4 heteroatoms. The molecule has 0 saturated carbocycles. The van der Waals surface area contributed by atoms with Crippen LogP contribution >= 0.6 is 15.9 Å². The Kier molecular flexibility index (Phi) is 5.38. The zero-order valence-electron chi connectivity index (χ0n) is 12.1. The van der Waals surface area contributed by atoms with Crippen LogP contribution in [0.4, 0.5) is 0 Å². The molecule has 0 unspecified atom stereocenters. The van der Waals surface area contributed by atoms with Gasteiger partial charge in [0.1, 0.15) is 11.8 Å². The molecule has 0 amide bonds. The van der Waals surface area contributed by atoms with Crippen LogP contribution < -0.4 is 4.74 Å². The Hall–Kier alpha value is -1.83. The highest BCUT2D eigenvalue weighted by Crippen LogP contribution is 2.20. The number of halogens is 1. The topological polar surface area (TPSA) is 36.3 Å². The molecule has 0 fully saturated rings. The van der Waals surface area contributed by atoms with Gasteiger partial charge >= 0.3 is 0 Å². The summed E-state index contributed by atoms with van der Waals surface area (Å²) in [6.07, 6.45) is 0. The first-order valence-electron chi connectivity index (χ1n) is 6.62. The molecule has 108 valence electrons. The SMILES string of the molecule is COc1cc(CN(C)Cc2cccc(Br)c2)ccc1C#N. The summed E-state index contributed by atoms with van der Waals surface area (Å²) in [5.74, 6) is 0.630. The largest absolute Gasteiger partial charge is 0.495 e. The number of benzene rings is 2. The number of rotatable bonds is 5. The molecule has 2 rings (SSSR count). The number of hydrogen-bond acceptors (Lipinski definition) is 3. The van der Waals surface area contributed by atoms with Crippen LogP contribution in [0.25, 0.3) is 0 Å². The van der Waals surface area contributed by atoms with E-state index in [-0.39, 0.29) is 0 Å². The van der Waals surface area contributed by atoms with Crippen molar-refractivity contribution in [2.75, 3.05) is 14.2 Å². The van der Waals surface area contributed by atoms with Crippen molar-refractivity contribution >= 4 is 15.9 Å². The van der Waals surface area contributed by atoms with E-state index in [9.17, 15) is 0 Å². The first-order chi connectivity index (χ1) is 10.1. The van der Waals surface area contributed by atoms with Gasteiger partial charge in [-0.2, -0.15) is 5.26 Å². The van der Waals surface area contributed by atoms with Gasteiger partial charge in [0.2, 0.25) is 0 Å². The Labute approximate surface area is 133 Å². The molecule has 0 radical (unpaired) electrons. The first-order valence-corrected chi connectivity index (χ1v) is 7.41. The van der Waals surface area contributed by atoms with Crippen molar-refractivity contribution in [1.29, 1.82) is 5.26 Å². The predicted octanol–water partition coefficient (Wildman–Crippen LogP) is 3.96. The zero-order valence-corrected chi connectivity index (χ0v) is 13.7. The number of nitriles is 1. The molecule has 2 aromatic carbocycles. The van der Waals surface area contributed by atoms with Crippen LogP contribution in [0, 0.1) is 11.3 Å². The van der Waals surface area contributed by atoms with E-state index in [1.807, 2.05) is 24.3 Å². The lowest BCUT2D eigenvalue weighted by Crippen LogP contribution is -2.17. The summed E-state index contributed by atoms with van der Waals surface area (Å²) in [6.45, 7) is 1.66. The van der Waals surface area contributed by atoms with Gasteiger partial charge in [0.25, 0.3) is 0 Å². The molecular weight excluding hydrogens is 328 g/mol. The summed E-state index contributed by atoms with van der Waals surface area (Å²) in [5, 5.41) is 9.00. The van der Waals surface area contributed by atoms with Gasteiger partial charge in [0.05, 0.1) is 12.7 Å². The average molecular weight is 345 g/mol. The summed E-state index contributed by atoms with van der Waals surface area (Å²) in [5.41, 5.74) is 2.95. The van der Waals surface area contributed by atoms with Crippen LogP contribution in [0.2, 0.25) is 0 Å². The first kappa shape index (κ1) is 15.6. The van der Waals surface area contributed by atoms with Crippen molar-refractivity contribution in [2.24, 2.45) is 0 Å². The summed E-state index contributed by atoms with van der Waals surface area (Å²) in [7, 11) is 3.66. The molecule has 0 aromatic heterocycles. The highest BCUT2D eigenvalue weighted by Gasteiger charge is 2.07. The molecule has 0 spiro atoms. The van der Waals surface area contributed by atoms with Gasteiger partial charge in [-0.3, -0.25) is 4.90 Å². The van der Waals surface area contributed by atoms with Crippen LogP contribution in [0.3, 0.4) is 0 Å². The lowest BCUT2D eigenvalue weighted by Gasteiger charge is -2.17. The summed E-state index contributed by atoms with van der Waals surface area (Å²) in [6, 6.07) is 16.1. The second-order valence-electron chi connectivity index (χ2n) is 4.95. The molecule has 3 nitrogen and oxygen atoms in total. The van der Waals surface area contributed by atoms with Gasteiger partial charge < -0.3 is 4.74 Å². The summed E-state index contributed by atoms with van der Waals surface area (Å²) >= 11 is 3.49. The Bertz CT molecular complexity index is 664. The van der Waals surface area contributed by atoms with E-state index in [4.69, 9.17) is 10.00 Å². The minimum Gasteiger partial charge on any atom is -0.495 e. The monoisotopic (exact) mass is 344 g/mol. The number of ether oxygens (including phenoxy) is 1. The molecule has 0 saturated heterocycles. The lowest BCUT2D eigenvalue weighted by molar-refractivity contribution is 0.318. The Morgan fingerprint density at radius 3 is 2.48 bits per heavy atom. The number of hydrogen-bond donors (Lipinski definition) is 0. The fourth-order valence-corrected chi connectivity index (χ4v) is 2.69. The van der Waals surface area contributed by atoms with Gasteiger partial charge in [-0.1, -0.05) is 34.1 Å².